The normalized spacial score (nSPS) is 21.7. The Balaban J connectivity index is 1.61. The van der Waals surface area contributed by atoms with Crippen molar-refractivity contribution in [3.63, 3.8) is 0 Å². The van der Waals surface area contributed by atoms with Crippen molar-refractivity contribution in [1.29, 1.82) is 0 Å². The molecular weight excluding hydrogens is 356 g/mol. The summed E-state index contributed by atoms with van der Waals surface area (Å²) in [6, 6.07) is 2.25. The molecule has 0 bridgehead atoms. The lowest BCUT2D eigenvalue weighted by Crippen LogP contribution is -2.45. The van der Waals surface area contributed by atoms with Crippen LogP contribution in [0, 0.1) is 5.41 Å². The maximum Gasteiger partial charge on any atom is 0.227 e. The quantitative estimate of drug-likeness (QED) is 0.571. The highest BCUT2D eigenvalue weighted by Crippen LogP contribution is 2.42. The summed E-state index contributed by atoms with van der Waals surface area (Å²) in [7, 11) is 0. The third-order valence-corrected chi connectivity index (χ3v) is 5.17. The van der Waals surface area contributed by atoms with Gasteiger partial charge < -0.3 is 15.7 Å². The summed E-state index contributed by atoms with van der Waals surface area (Å²) >= 11 is 0. The zero-order chi connectivity index (χ0) is 19.7. The van der Waals surface area contributed by atoms with E-state index in [4.69, 9.17) is 0 Å². The molecule has 1 aliphatic carbocycles. The van der Waals surface area contributed by atoms with Crippen LogP contribution in [-0.2, 0) is 6.54 Å². The van der Waals surface area contributed by atoms with E-state index in [2.05, 4.69) is 56.4 Å². The summed E-state index contributed by atoms with van der Waals surface area (Å²) in [5.41, 5.74) is 0.783. The molecule has 1 fully saturated rings. The van der Waals surface area contributed by atoms with E-state index < -0.39 is 0 Å². The first-order valence-electron chi connectivity index (χ1n) is 9.60. The summed E-state index contributed by atoms with van der Waals surface area (Å²) in [6.07, 6.45) is 7.06. The second kappa shape index (κ2) is 7.31. The minimum atomic E-state index is -0.00233. The van der Waals surface area contributed by atoms with Gasteiger partial charge in [0.25, 0.3) is 0 Å². The van der Waals surface area contributed by atoms with Crippen molar-refractivity contribution in [3.8, 4) is 0 Å². The minimum Gasteiger partial charge on any atom is -0.396 e. The van der Waals surface area contributed by atoms with Gasteiger partial charge in [-0.25, -0.2) is 14.6 Å². The Labute approximate surface area is 163 Å². The van der Waals surface area contributed by atoms with Gasteiger partial charge in [0.05, 0.1) is 18.1 Å². The smallest absolute Gasteiger partial charge is 0.227 e. The zero-order valence-electron chi connectivity index (χ0n) is 16.4. The molecule has 0 radical (unpaired) electrons. The fourth-order valence-corrected chi connectivity index (χ4v) is 3.63. The highest BCUT2D eigenvalue weighted by atomic mass is 16.3. The van der Waals surface area contributed by atoms with Crippen LogP contribution in [0.2, 0.25) is 0 Å². The Morgan fingerprint density at radius 1 is 1.25 bits per heavy atom. The maximum atomic E-state index is 9.50. The molecule has 4 rings (SSSR count). The average Bonchev–Trinajstić information content (AvgIpc) is 3.10. The molecule has 3 heterocycles. The fraction of sp³-hybridized carbons (Fsp3) is 0.526. The number of rotatable bonds is 7. The third-order valence-electron chi connectivity index (χ3n) is 5.17. The molecule has 0 atom stereocenters. The predicted octanol–water partition coefficient (Wildman–Crippen LogP) is 2.38. The Morgan fingerprint density at radius 3 is 2.68 bits per heavy atom. The number of nitrogens with zero attached hydrogens (tertiary/aromatic N) is 6. The molecule has 1 aliphatic rings. The molecule has 0 aliphatic heterocycles. The van der Waals surface area contributed by atoms with E-state index in [-0.39, 0.29) is 24.1 Å². The molecule has 9 nitrogen and oxygen atoms in total. The Morgan fingerprint density at radius 2 is 2.00 bits per heavy atom. The lowest BCUT2D eigenvalue weighted by Gasteiger charge is -2.44. The number of nitrogens with one attached hydrogen (secondary N) is 2. The highest BCUT2D eigenvalue weighted by Gasteiger charge is 2.40. The van der Waals surface area contributed by atoms with Gasteiger partial charge in [0.15, 0.2) is 5.65 Å². The number of anilines is 2. The number of aliphatic hydroxyl groups is 1. The van der Waals surface area contributed by atoms with Gasteiger partial charge in [-0.1, -0.05) is 6.92 Å². The summed E-state index contributed by atoms with van der Waals surface area (Å²) in [4.78, 5) is 17.8. The number of aliphatic hydroxyl groups excluding tert-OH is 1. The maximum absolute atomic E-state index is 9.50. The van der Waals surface area contributed by atoms with Crippen LogP contribution in [0.25, 0.3) is 11.0 Å². The zero-order valence-corrected chi connectivity index (χ0v) is 16.4. The topological polar surface area (TPSA) is 114 Å². The second-order valence-corrected chi connectivity index (χ2v) is 8.05. The van der Waals surface area contributed by atoms with Gasteiger partial charge in [-0.3, -0.25) is 0 Å². The average molecular weight is 382 g/mol. The van der Waals surface area contributed by atoms with E-state index in [0.717, 1.165) is 29.7 Å². The minimum absolute atomic E-state index is 0.00233. The molecule has 28 heavy (non-hydrogen) atoms. The van der Waals surface area contributed by atoms with Crippen LogP contribution >= 0.6 is 0 Å². The van der Waals surface area contributed by atoms with Crippen LogP contribution in [0.3, 0.4) is 0 Å². The van der Waals surface area contributed by atoms with E-state index in [0.29, 0.717) is 18.3 Å². The van der Waals surface area contributed by atoms with Crippen molar-refractivity contribution in [2.75, 3.05) is 17.2 Å². The second-order valence-electron chi connectivity index (χ2n) is 8.05. The van der Waals surface area contributed by atoms with Crippen molar-refractivity contribution in [3.05, 3.63) is 30.5 Å². The number of hydrogen-bond donors (Lipinski definition) is 3. The molecule has 148 valence electrons. The van der Waals surface area contributed by atoms with Crippen molar-refractivity contribution >= 4 is 22.8 Å². The Hall–Kier alpha value is -2.81. The van der Waals surface area contributed by atoms with Gasteiger partial charge in [0.2, 0.25) is 5.95 Å². The van der Waals surface area contributed by atoms with E-state index in [9.17, 15) is 5.11 Å². The molecule has 0 aromatic carbocycles. The Kier molecular flexibility index (Phi) is 4.84. The molecule has 3 aromatic heterocycles. The largest absolute Gasteiger partial charge is 0.396 e. The third kappa shape index (κ3) is 3.62. The molecule has 9 heteroatoms. The molecule has 0 amide bonds. The summed E-state index contributed by atoms with van der Waals surface area (Å²) < 4.78 is 1.89. The molecule has 0 saturated heterocycles. The first-order chi connectivity index (χ1) is 13.5. The SMILES string of the molecule is CC(C)n1ncc2c(NC3CC(C)(CO)C3)nc(NCc3ncccn3)nc21. The van der Waals surface area contributed by atoms with E-state index in [1.165, 1.54) is 0 Å². The molecular formula is C19H26N8O. The van der Waals surface area contributed by atoms with Crippen molar-refractivity contribution in [2.24, 2.45) is 5.41 Å². The Bertz CT molecular complexity index is 949. The fourth-order valence-electron chi connectivity index (χ4n) is 3.63. The van der Waals surface area contributed by atoms with Gasteiger partial charge in [0, 0.05) is 31.1 Å². The van der Waals surface area contributed by atoms with Gasteiger partial charge in [-0.2, -0.15) is 15.1 Å². The van der Waals surface area contributed by atoms with Crippen LogP contribution in [-0.4, -0.2) is 47.5 Å². The number of fused-ring (bicyclic) bond motifs is 1. The van der Waals surface area contributed by atoms with Gasteiger partial charge in [0.1, 0.15) is 11.6 Å². The summed E-state index contributed by atoms with van der Waals surface area (Å²) in [6.45, 7) is 6.90. The van der Waals surface area contributed by atoms with Gasteiger partial charge >= 0.3 is 0 Å². The number of aromatic nitrogens is 6. The molecule has 0 spiro atoms. The van der Waals surface area contributed by atoms with Crippen LogP contribution in [0.15, 0.2) is 24.7 Å². The van der Waals surface area contributed by atoms with Crippen molar-refractivity contribution in [1.82, 2.24) is 29.7 Å². The van der Waals surface area contributed by atoms with Gasteiger partial charge in [-0.05, 0) is 38.2 Å². The lowest BCUT2D eigenvalue weighted by molar-refractivity contribution is 0.0525. The molecule has 3 N–H and O–H groups in total. The van der Waals surface area contributed by atoms with E-state index in [1.807, 2.05) is 10.9 Å². The standard InChI is InChI=1S/C19H26N8O/c1-12(2)27-17-14(9-23-27)16(24-13-7-19(3,8-13)11-28)25-18(26-17)22-10-15-20-5-4-6-21-15/h4-6,9,12-13,28H,7-8,10-11H2,1-3H3,(H2,22,24,25,26). The number of hydrogen-bond acceptors (Lipinski definition) is 8. The first-order valence-corrected chi connectivity index (χ1v) is 9.60. The van der Waals surface area contributed by atoms with E-state index >= 15 is 0 Å². The molecule has 0 unspecified atom stereocenters. The first kappa shape index (κ1) is 18.5. The van der Waals surface area contributed by atoms with E-state index in [1.54, 1.807) is 18.5 Å². The highest BCUT2D eigenvalue weighted by molar-refractivity contribution is 5.87. The van der Waals surface area contributed by atoms with Crippen LogP contribution in [0.4, 0.5) is 11.8 Å². The monoisotopic (exact) mass is 382 g/mol. The molecule has 1 saturated carbocycles. The van der Waals surface area contributed by atoms with Gasteiger partial charge in [-0.15, -0.1) is 0 Å². The van der Waals surface area contributed by atoms with Crippen molar-refractivity contribution in [2.45, 2.75) is 52.2 Å². The van der Waals surface area contributed by atoms with Crippen molar-refractivity contribution < 1.29 is 5.11 Å². The lowest BCUT2D eigenvalue weighted by atomic mass is 9.67. The summed E-state index contributed by atoms with van der Waals surface area (Å²) in [5.74, 6) is 1.95. The van der Waals surface area contributed by atoms with Crippen LogP contribution in [0.5, 0.6) is 0 Å². The molecule has 3 aromatic rings. The van der Waals surface area contributed by atoms with Crippen LogP contribution in [0.1, 0.15) is 45.5 Å². The summed E-state index contributed by atoms with van der Waals surface area (Å²) in [5, 5.41) is 21.6. The predicted molar refractivity (Wildman–Crippen MR) is 107 cm³/mol. The van der Waals surface area contributed by atoms with Crippen LogP contribution < -0.4 is 10.6 Å².